The molecule has 1 aromatic rings. The van der Waals surface area contributed by atoms with Crippen LogP contribution in [0.5, 0.6) is 5.75 Å². The predicted molar refractivity (Wildman–Crippen MR) is 80.0 cm³/mol. The van der Waals surface area contributed by atoms with Gasteiger partial charge in [0.2, 0.25) is 0 Å². The fourth-order valence-corrected chi connectivity index (χ4v) is 3.40. The van der Waals surface area contributed by atoms with Crippen molar-refractivity contribution in [2.75, 3.05) is 25.2 Å². The minimum Gasteiger partial charge on any atom is -0.497 e. The molecule has 1 atom stereocenters. The average Bonchev–Trinajstić information content (AvgIpc) is 2.41. The number of hydrogen-bond acceptors (Lipinski definition) is 5. The molecule has 0 spiro atoms. The molecule has 1 aromatic carbocycles. The van der Waals surface area contributed by atoms with Gasteiger partial charge in [-0.2, -0.15) is 11.8 Å². The molecular weight excluding hydrogens is 261 g/mol. The Balaban J connectivity index is 2.14. The van der Waals surface area contributed by atoms with E-state index in [0.717, 1.165) is 30.2 Å². The van der Waals surface area contributed by atoms with Crippen LogP contribution < -0.4 is 10.2 Å². The van der Waals surface area contributed by atoms with Crippen LogP contribution in [0.2, 0.25) is 0 Å². The van der Waals surface area contributed by atoms with E-state index in [-0.39, 0.29) is 0 Å². The van der Waals surface area contributed by atoms with Gasteiger partial charge in [0.1, 0.15) is 5.75 Å². The van der Waals surface area contributed by atoms with Crippen LogP contribution >= 0.6 is 11.8 Å². The Morgan fingerprint density at radius 3 is 2.89 bits per heavy atom. The van der Waals surface area contributed by atoms with Crippen molar-refractivity contribution in [2.45, 2.75) is 19.5 Å². The van der Waals surface area contributed by atoms with E-state index in [2.05, 4.69) is 11.8 Å². The molecule has 0 amide bonds. The van der Waals surface area contributed by atoms with Crippen LogP contribution in [0.25, 0.3) is 0 Å². The van der Waals surface area contributed by atoms with Gasteiger partial charge in [0.05, 0.1) is 7.11 Å². The SMILES string of the molecule is COc1ccc(CN2CCSCC2C)cc1B(O)O. The number of rotatable bonds is 4. The minimum atomic E-state index is -1.50. The normalized spacial score (nSPS) is 20.3. The molecule has 2 rings (SSSR count). The van der Waals surface area contributed by atoms with Gasteiger partial charge in [-0.1, -0.05) is 12.1 Å². The van der Waals surface area contributed by atoms with E-state index >= 15 is 0 Å². The highest BCUT2D eigenvalue weighted by Crippen LogP contribution is 2.19. The molecule has 1 heterocycles. The highest BCUT2D eigenvalue weighted by atomic mass is 32.2. The molecule has 2 N–H and O–H groups in total. The Hall–Kier alpha value is -0.685. The van der Waals surface area contributed by atoms with Crippen molar-refractivity contribution in [3.63, 3.8) is 0 Å². The van der Waals surface area contributed by atoms with Crippen molar-refractivity contribution in [3.05, 3.63) is 23.8 Å². The molecular formula is C13H20BNO3S. The topological polar surface area (TPSA) is 52.9 Å². The van der Waals surface area contributed by atoms with Gasteiger partial charge in [0, 0.05) is 36.1 Å². The summed E-state index contributed by atoms with van der Waals surface area (Å²) in [6.45, 7) is 4.15. The minimum absolute atomic E-state index is 0.430. The largest absolute Gasteiger partial charge is 0.497 e. The smallest absolute Gasteiger partial charge is 0.492 e. The molecule has 19 heavy (non-hydrogen) atoms. The van der Waals surface area contributed by atoms with E-state index in [9.17, 15) is 10.0 Å². The number of benzene rings is 1. The second-order valence-corrected chi connectivity index (χ2v) is 5.99. The lowest BCUT2D eigenvalue weighted by molar-refractivity contribution is 0.224. The third-order valence-electron chi connectivity index (χ3n) is 3.46. The maximum atomic E-state index is 9.38. The fraction of sp³-hybridized carbons (Fsp3) is 0.538. The van der Waals surface area contributed by atoms with Crippen LogP contribution in [0.4, 0.5) is 0 Å². The number of hydrogen-bond donors (Lipinski definition) is 2. The Bertz CT molecular complexity index is 430. The van der Waals surface area contributed by atoms with Gasteiger partial charge in [0.25, 0.3) is 0 Å². The quantitative estimate of drug-likeness (QED) is 0.778. The van der Waals surface area contributed by atoms with Crippen molar-refractivity contribution in [1.29, 1.82) is 0 Å². The summed E-state index contributed by atoms with van der Waals surface area (Å²) in [6, 6.07) is 6.16. The van der Waals surface area contributed by atoms with Crippen molar-refractivity contribution in [2.24, 2.45) is 0 Å². The van der Waals surface area contributed by atoms with Crippen LogP contribution in [0.1, 0.15) is 12.5 Å². The summed E-state index contributed by atoms with van der Waals surface area (Å²) in [6.07, 6.45) is 0. The number of ether oxygens (including phenoxy) is 1. The Morgan fingerprint density at radius 1 is 1.47 bits per heavy atom. The molecule has 1 unspecified atom stereocenters. The zero-order valence-electron chi connectivity index (χ0n) is 11.4. The standard InChI is InChI=1S/C13H20BNO3S/c1-10-9-19-6-5-15(10)8-11-3-4-13(18-2)12(7-11)14(16)17/h3-4,7,10,16-17H,5-6,8-9H2,1-2H3. The summed E-state index contributed by atoms with van der Waals surface area (Å²) in [4.78, 5) is 2.42. The van der Waals surface area contributed by atoms with Gasteiger partial charge in [0.15, 0.2) is 0 Å². The van der Waals surface area contributed by atoms with Gasteiger partial charge in [-0.25, -0.2) is 0 Å². The molecule has 1 aliphatic heterocycles. The first-order chi connectivity index (χ1) is 9.11. The van der Waals surface area contributed by atoms with Gasteiger partial charge in [-0.15, -0.1) is 0 Å². The van der Waals surface area contributed by atoms with Crippen molar-refractivity contribution < 1.29 is 14.8 Å². The lowest BCUT2D eigenvalue weighted by Crippen LogP contribution is -2.40. The number of nitrogens with zero attached hydrogens (tertiary/aromatic N) is 1. The molecule has 4 nitrogen and oxygen atoms in total. The van der Waals surface area contributed by atoms with Crippen molar-refractivity contribution >= 4 is 24.3 Å². The summed E-state index contributed by atoms with van der Waals surface area (Å²) in [5, 5.41) is 18.8. The average molecular weight is 281 g/mol. The van der Waals surface area contributed by atoms with E-state index in [1.165, 1.54) is 7.11 Å². The van der Waals surface area contributed by atoms with Crippen LogP contribution in [0.3, 0.4) is 0 Å². The summed E-state index contributed by atoms with van der Waals surface area (Å²) < 4.78 is 5.14. The van der Waals surface area contributed by atoms with E-state index in [4.69, 9.17) is 4.74 Å². The maximum Gasteiger partial charge on any atom is 0.492 e. The lowest BCUT2D eigenvalue weighted by atomic mass is 9.78. The summed E-state index contributed by atoms with van der Waals surface area (Å²) in [5.41, 5.74) is 1.52. The molecule has 0 radical (unpaired) electrons. The highest BCUT2D eigenvalue weighted by molar-refractivity contribution is 7.99. The van der Waals surface area contributed by atoms with Crippen molar-refractivity contribution in [1.82, 2.24) is 4.90 Å². The van der Waals surface area contributed by atoms with Crippen LogP contribution in [-0.4, -0.2) is 53.3 Å². The molecule has 104 valence electrons. The van der Waals surface area contributed by atoms with E-state index < -0.39 is 7.12 Å². The Kier molecular flexibility index (Phi) is 5.16. The second kappa shape index (κ2) is 6.66. The van der Waals surface area contributed by atoms with Gasteiger partial charge in [-0.3, -0.25) is 4.90 Å². The predicted octanol–water partition coefficient (Wildman–Crippen LogP) is 0.312. The fourth-order valence-electron chi connectivity index (χ4n) is 2.31. The molecule has 0 bridgehead atoms. The number of thioether (sulfide) groups is 1. The molecule has 0 saturated carbocycles. The molecule has 1 fully saturated rings. The molecule has 0 aromatic heterocycles. The van der Waals surface area contributed by atoms with E-state index in [0.29, 0.717) is 17.3 Å². The molecule has 1 aliphatic rings. The van der Waals surface area contributed by atoms with E-state index in [1.807, 2.05) is 23.9 Å². The molecule has 0 aliphatic carbocycles. The van der Waals surface area contributed by atoms with Crippen LogP contribution in [-0.2, 0) is 6.54 Å². The lowest BCUT2D eigenvalue weighted by Gasteiger charge is -2.33. The molecule has 1 saturated heterocycles. The summed E-state index contributed by atoms with van der Waals surface area (Å²) >= 11 is 1.99. The first-order valence-corrected chi connectivity index (χ1v) is 7.62. The van der Waals surface area contributed by atoms with Crippen LogP contribution in [0, 0.1) is 0 Å². The second-order valence-electron chi connectivity index (χ2n) is 4.84. The summed E-state index contributed by atoms with van der Waals surface area (Å²) in [5.74, 6) is 2.84. The summed E-state index contributed by atoms with van der Waals surface area (Å²) in [7, 11) is 0.0365. The third kappa shape index (κ3) is 3.66. The highest BCUT2D eigenvalue weighted by Gasteiger charge is 2.21. The zero-order valence-corrected chi connectivity index (χ0v) is 12.2. The maximum absolute atomic E-state index is 9.38. The van der Waals surface area contributed by atoms with Crippen LogP contribution in [0.15, 0.2) is 18.2 Å². The molecule has 6 heteroatoms. The van der Waals surface area contributed by atoms with Gasteiger partial charge in [-0.05, 0) is 18.6 Å². The van der Waals surface area contributed by atoms with Gasteiger partial charge >= 0.3 is 7.12 Å². The van der Waals surface area contributed by atoms with E-state index in [1.54, 1.807) is 6.07 Å². The first-order valence-electron chi connectivity index (χ1n) is 6.46. The first kappa shape index (κ1) is 14.7. The number of methoxy groups -OCH3 is 1. The Morgan fingerprint density at radius 2 is 2.26 bits per heavy atom. The van der Waals surface area contributed by atoms with Gasteiger partial charge < -0.3 is 14.8 Å². The Labute approximate surface area is 118 Å². The zero-order chi connectivity index (χ0) is 13.8. The third-order valence-corrected chi connectivity index (χ3v) is 4.65. The van der Waals surface area contributed by atoms with Crippen molar-refractivity contribution in [3.8, 4) is 5.75 Å². The monoisotopic (exact) mass is 281 g/mol.